The van der Waals surface area contributed by atoms with Crippen molar-refractivity contribution in [3.8, 4) is 0 Å². The highest BCUT2D eigenvalue weighted by Gasteiger charge is 2.34. The molecular weight excluding hydrogens is 524 g/mol. The SMILES string of the molecule is FC1=C(F)c2nc1c(F)c1nc(c(F)c3[nH]c(c(F)c3F)c(F)c3[nH]c(c2F)c(F)c3F)C(F)=C1F. The van der Waals surface area contributed by atoms with Gasteiger partial charge in [0, 0.05) is 0 Å². The summed E-state index contributed by atoms with van der Waals surface area (Å²) in [6.45, 7) is 0. The van der Waals surface area contributed by atoms with Gasteiger partial charge in [-0.1, -0.05) is 0 Å². The Balaban J connectivity index is 2.14. The normalized spacial score (nSPS) is 13.9. The predicted molar refractivity (Wildman–Crippen MR) is 98.7 cm³/mol. The zero-order valence-corrected chi connectivity index (χ0v) is 16.4. The Kier molecular flexibility index (Phi) is 4.98. The van der Waals surface area contributed by atoms with Crippen molar-refractivity contribution in [3.63, 3.8) is 0 Å². The second-order valence-electron chi connectivity index (χ2n) is 7.14. The summed E-state index contributed by atoms with van der Waals surface area (Å²) in [6, 6.07) is 0. The van der Waals surface area contributed by atoms with Gasteiger partial charge in [0.15, 0.2) is 69.8 Å². The van der Waals surface area contributed by atoms with Crippen LogP contribution < -0.4 is 0 Å². The zero-order valence-electron chi connectivity index (χ0n) is 16.4. The molecular formula is C20H2F12N4. The molecule has 0 saturated carbocycles. The number of aromatic nitrogens is 4. The molecule has 8 bridgehead atoms. The molecule has 2 aliphatic heterocycles. The van der Waals surface area contributed by atoms with E-state index in [9.17, 15) is 52.7 Å². The van der Waals surface area contributed by atoms with Gasteiger partial charge in [-0.3, -0.25) is 0 Å². The van der Waals surface area contributed by atoms with E-state index in [-0.39, 0.29) is 0 Å². The Morgan fingerprint density at radius 3 is 0.861 bits per heavy atom. The van der Waals surface area contributed by atoms with E-state index < -0.39 is 115 Å². The number of aromatic amines is 2. The molecule has 0 unspecified atom stereocenters. The van der Waals surface area contributed by atoms with Crippen molar-refractivity contribution < 1.29 is 52.7 Å². The summed E-state index contributed by atoms with van der Waals surface area (Å²) >= 11 is 0. The van der Waals surface area contributed by atoms with Gasteiger partial charge >= 0.3 is 0 Å². The van der Waals surface area contributed by atoms with Gasteiger partial charge in [-0.05, 0) is 0 Å². The maximum Gasteiger partial charge on any atom is 0.189 e. The lowest BCUT2D eigenvalue weighted by atomic mass is 10.2. The minimum absolute atomic E-state index is 1.42. The van der Waals surface area contributed by atoms with Crippen LogP contribution in [0.15, 0.2) is 0 Å². The first-order valence-corrected chi connectivity index (χ1v) is 9.16. The third kappa shape index (κ3) is 2.92. The molecule has 0 saturated heterocycles. The molecule has 2 aliphatic rings. The first-order valence-electron chi connectivity index (χ1n) is 9.16. The van der Waals surface area contributed by atoms with E-state index >= 15 is 0 Å². The van der Waals surface area contributed by atoms with E-state index in [1.807, 2.05) is 0 Å². The number of halogens is 12. The van der Waals surface area contributed by atoms with Gasteiger partial charge in [0.25, 0.3) is 0 Å². The summed E-state index contributed by atoms with van der Waals surface area (Å²) < 4.78 is 174. The van der Waals surface area contributed by atoms with E-state index in [0.717, 1.165) is 0 Å². The molecule has 5 heterocycles. The highest BCUT2D eigenvalue weighted by Crippen LogP contribution is 2.40. The smallest absolute Gasteiger partial charge is 0.189 e. The van der Waals surface area contributed by atoms with Crippen LogP contribution in [-0.4, -0.2) is 19.9 Å². The van der Waals surface area contributed by atoms with Crippen molar-refractivity contribution >= 4 is 45.4 Å². The summed E-state index contributed by atoms with van der Waals surface area (Å²) in [5.74, 6) is -27.5. The number of hydrogen-bond donors (Lipinski definition) is 2. The monoisotopic (exact) mass is 526 g/mol. The zero-order chi connectivity index (χ0) is 26.4. The Bertz CT molecular complexity index is 1640. The predicted octanol–water partition coefficient (Wildman–Crippen LogP) is 6.96. The number of rotatable bonds is 0. The molecule has 0 amide bonds. The first kappa shape index (κ1) is 23.5. The fourth-order valence-corrected chi connectivity index (χ4v) is 3.40. The number of H-pyrrole nitrogens is 2. The van der Waals surface area contributed by atoms with Gasteiger partial charge in [0.2, 0.25) is 0 Å². The van der Waals surface area contributed by atoms with Gasteiger partial charge in [-0.15, -0.1) is 0 Å². The standard InChI is InChI=1S/C20H2F12N4/c21-1-2(22)14-10(30)16-5(25)6(26)18(35-16)12(32)20-8(28)7(27)19(36-20)11(31)17-4(24)3(23)15(34-17)9(29)13(1)33-14/h33-34H. The summed E-state index contributed by atoms with van der Waals surface area (Å²) in [7, 11) is 0. The van der Waals surface area contributed by atoms with E-state index in [1.54, 1.807) is 0 Å². The third-order valence-electron chi connectivity index (χ3n) is 5.14. The lowest BCUT2D eigenvalue weighted by molar-refractivity contribution is 0.514. The van der Waals surface area contributed by atoms with Crippen molar-refractivity contribution in [3.05, 3.63) is 69.3 Å². The van der Waals surface area contributed by atoms with Crippen molar-refractivity contribution in [2.45, 2.75) is 0 Å². The Morgan fingerprint density at radius 2 is 0.556 bits per heavy atom. The molecule has 0 atom stereocenters. The third-order valence-corrected chi connectivity index (χ3v) is 5.14. The average molecular weight is 526 g/mol. The molecule has 0 aromatic carbocycles. The van der Waals surface area contributed by atoms with Crippen LogP contribution in [0.5, 0.6) is 0 Å². The highest BCUT2D eigenvalue weighted by atomic mass is 19.2. The quantitative estimate of drug-likeness (QED) is 0.312. The molecule has 0 aliphatic carbocycles. The van der Waals surface area contributed by atoms with Crippen LogP contribution in [0.3, 0.4) is 0 Å². The van der Waals surface area contributed by atoms with Crippen molar-refractivity contribution in [2.75, 3.05) is 0 Å². The summed E-state index contributed by atoms with van der Waals surface area (Å²) in [6.07, 6.45) is 0. The van der Waals surface area contributed by atoms with Gasteiger partial charge in [-0.25, -0.2) is 62.7 Å². The molecule has 2 N–H and O–H groups in total. The van der Waals surface area contributed by atoms with E-state index in [0.29, 0.717) is 0 Å². The highest BCUT2D eigenvalue weighted by molar-refractivity contribution is 5.89. The van der Waals surface area contributed by atoms with Gasteiger partial charge in [-0.2, -0.15) is 0 Å². The molecule has 0 radical (unpaired) electrons. The molecule has 16 heteroatoms. The fraction of sp³-hybridized carbons (Fsp3) is 0. The lowest BCUT2D eigenvalue weighted by Crippen LogP contribution is -1.93. The Hall–Kier alpha value is -4.24. The van der Waals surface area contributed by atoms with Crippen LogP contribution in [0, 0.1) is 46.5 Å². The maximum atomic E-state index is 14.8. The summed E-state index contributed by atoms with van der Waals surface area (Å²) in [4.78, 5) is 8.53. The molecule has 36 heavy (non-hydrogen) atoms. The fourth-order valence-electron chi connectivity index (χ4n) is 3.40. The van der Waals surface area contributed by atoms with Crippen LogP contribution in [0.1, 0.15) is 22.8 Å². The van der Waals surface area contributed by atoms with Gasteiger partial charge < -0.3 is 9.97 Å². The molecule has 0 spiro atoms. The summed E-state index contributed by atoms with van der Waals surface area (Å²) in [5.41, 5.74) is -14.3. The average Bonchev–Trinajstić information content (AvgIpc) is 3.52. The number of fused-ring (bicyclic) bond motifs is 8. The van der Waals surface area contributed by atoms with Crippen molar-refractivity contribution in [1.82, 2.24) is 19.9 Å². The molecule has 4 nitrogen and oxygen atoms in total. The van der Waals surface area contributed by atoms with E-state index in [4.69, 9.17) is 0 Å². The second-order valence-corrected chi connectivity index (χ2v) is 7.14. The van der Waals surface area contributed by atoms with Crippen LogP contribution in [-0.2, 0) is 0 Å². The summed E-state index contributed by atoms with van der Waals surface area (Å²) in [5, 5.41) is 0. The number of nitrogens with zero attached hydrogens (tertiary/aromatic N) is 2. The molecule has 3 aromatic rings. The van der Waals surface area contributed by atoms with Gasteiger partial charge in [0.05, 0.1) is 0 Å². The van der Waals surface area contributed by atoms with Crippen LogP contribution in [0.4, 0.5) is 52.7 Å². The van der Waals surface area contributed by atoms with Crippen LogP contribution >= 0.6 is 0 Å². The van der Waals surface area contributed by atoms with E-state index in [2.05, 4.69) is 9.97 Å². The number of hydrogen-bond acceptors (Lipinski definition) is 2. The maximum absolute atomic E-state index is 14.8. The lowest BCUT2D eigenvalue weighted by Gasteiger charge is -1.94. The largest absolute Gasteiger partial charge is 0.346 e. The number of nitrogens with one attached hydrogen (secondary N) is 2. The van der Waals surface area contributed by atoms with Gasteiger partial charge in [0.1, 0.15) is 44.8 Å². The van der Waals surface area contributed by atoms with Crippen molar-refractivity contribution in [2.24, 2.45) is 0 Å². The minimum Gasteiger partial charge on any atom is -0.346 e. The van der Waals surface area contributed by atoms with E-state index in [1.165, 1.54) is 9.97 Å². The molecule has 0 fully saturated rings. The van der Waals surface area contributed by atoms with Crippen molar-refractivity contribution in [1.29, 1.82) is 0 Å². The molecule has 5 rings (SSSR count). The topological polar surface area (TPSA) is 57.4 Å². The Labute approximate surface area is 188 Å². The molecule has 3 aromatic heterocycles. The molecule has 186 valence electrons. The van der Waals surface area contributed by atoms with Crippen LogP contribution in [0.2, 0.25) is 0 Å². The van der Waals surface area contributed by atoms with Crippen LogP contribution in [0.25, 0.3) is 45.4 Å². The first-order chi connectivity index (χ1) is 16.9. The minimum atomic E-state index is -2.33. The second kappa shape index (κ2) is 7.63. The Morgan fingerprint density at radius 1 is 0.306 bits per heavy atom.